The van der Waals surface area contributed by atoms with E-state index < -0.39 is 49.8 Å². The molecule has 0 saturated carbocycles. The summed E-state index contributed by atoms with van der Waals surface area (Å²) in [5.74, 6) is 0.932. The van der Waals surface area contributed by atoms with Crippen LogP contribution in [0.1, 0.15) is 200 Å². The Hall–Kier alpha value is -3.57. The highest BCUT2D eigenvalue weighted by atomic mass is 32.2. The van der Waals surface area contributed by atoms with Crippen molar-refractivity contribution in [3.8, 4) is 17.2 Å². The molecule has 3 rings (SSSR count). The van der Waals surface area contributed by atoms with Gasteiger partial charge in [-0.05, 0) is 98.8 Å². The first kappa shape index (κ1) is 58.6. The quantitative estimate of drug-likeness (QED) is 0.0769. The lowest BCUT2D eigenvalue weighted by Crippen LogP contribution is -2.40. The molecular formula is C56H88O9S. The first-order chi connectivity index (χ1) is 30.0. The molecule has 9 nitrogen and oxygen atoms in total. The summed E-state index contributed by atoms with van der Waals surface area (Å²) >= 11 is 1.51. The highest BCUT2D eigenvalue weighted by Crippen LogP contribution is 2.49. The van der Waals surface area contributed by atoms with Gasteiger partial charge in [-0.1, -0.05) is 149 Å². The van der Waals surface area contributed by atoms with Crippen LogP contribution in [0.2, 0.25) is 0 Å². The molecule has 3 aromatic rings. The van der Waals surface area contributed by atoms with Gasteiger partial charge >= 0.3 is 11.9 Å². The Kier molecular flexibility index (Phi) is 20.1. The molecule has 0 aliphatic heterocycles. The number of phenols is 2. The molecule has 0 atom stereocenters. The molecule has 372 valence electrons. The molecule has 0 aromatic heterocycles. The summed E-state index contributed by atoms with van der Waals surface area (Å²) in [5.41, 5.74) is 1.40. The van der Waals surface area contributed by atoms with Crippen LogP contribution in [-0.2, 0) is 56.9 Å². The number of ether oxygens (including phenoxy) is 4. The molecule has 0 aliphatic rings. The smallest absolute Gasteiger partial charge is 0.338 e. The summed E-state index contributed by atoms with van der Waals surface area (Å²) in [6, 6.07) is 11.3. The lowest BCUT2D eigenvalue weighted by atomic mass is 9.68. The maximum absolute atomic E-state index is 15.8. The van der Waals surface area contributed by atoms with E-state index in [1.165, 1.54) is 11.8 Å². The summed E-state index contributed by atoms with van der Waals surface area (Å²) in [5, 5.41) is 32.8. The maximum atomic E-state index is 15.8. The van der Waals surface area contributed by atoms with E-state index in [4.69, 9.17) is 24.1 Å². The van der Waals surface area contributed by atoms with Crippen molar-refractivity contribution in [3.63, 3.8) is 0 Å². The molecule has 0 bridgehead atoms. The number of hydrogen-bond acceptors (Lipinski definition) is 10. The largest absolute Gasteiger partial charge is 0.507 e. The third-order valence-corrected chi connectivity index (χ3v) is 12.6. The molecule has 0 aliphatic carbocycles. The van der Waals surface area contributed by atoms with Gasteiger partial charge in [0.2, 0.25) is 0 Å². The predicted octanol–water partition coefficient (Wildman–Crippen LogP) is 12.7. The number of esters is 2. The molecule has 3 aromatic carbocycles. The van der Waals surface area contributed by atoms with Crippen molar-refractivity contribution >= 4 is 23.7 Å². The van der Waals surface area contributed by atoms with Crippen molar-refractivity contribution in [3.05, 3.63) is 86.5 Å². The van der Waals surface area contributed by atoms with Crippen LogP contribution in [0.25, 0.3) is 0 Å². The number of rotatable bonds is 15. The zero-order valence-corrected chi connectivity index (χ0v) is 45.6. The number of aliphatic hydroxyl groups is 1. The van der Waals surface area contributed by atoms with Gasteiger partial charge in [-0.15, -0.1) is 0 Å². The topological polar surface area (TPSA) is 132 Å². The van der Waals surface area contributed by atoms with Crippen LogP contribution in [-0.4, -0.2) is 78.4 Å². The van der Waals surface area contributed by atoms with Crippen LogP contribution in [0.15, 0.2) is 36.4 Å². The Morgan fingerprint density at radius 1 is 0.500 bits per heavy atom. The molecule has 0 unspecified atom stereocenters. The summed E-state index contributed by atoms with van der Waals surface area (Å²) in [4.78, 5) is 29.4. The summed E-state index contributed by atoms with van der Waals surface area (Å²) in [6.07, 6.45) is 0. The van der Waals surface area contributed by atoms with Crippen molar-refractivity contribution < 1.29 is 43.9 Å². The number of thioether (sulfide) groups is 1. The first-order valence-corrected chi connectivity index (χ1v) is 24.8. The Bertz CT molecular complexity index is 1900. The fourth-order valence-electron chi connectivity index (χ4n) is 7.55. The second-order valence-electron chi connectivity index (χ2n) is 23.6. The first-order valence-electron chi connectivity index (χ1n) is 23.7. The Morgan fingerprint density at radius 2 is 0.833 bits per heavy atom. The van der Waals surface area contributed by atoms with E-state index in [1.807, 2.05) is 86.6 Å². The van der Waals surface area contributed by atoms with Gasteiger partial charge in [-0.25, -0.2) is 4.79 Å². The number of aromatic hydroxyl groups is 2. The second kappa shape index (κ2) is 22.7. The van der Waals surface area contributed by atoms with Gasteiger partial charge in [0.1, 0.15) is 29.3 Å². The summed E-state index contributed by atoms with van der Waals surface area (Å²) < 4.78 is 22.6. The third kappa shape index (κ3) is 15.2. The van der Waals surface area contributed by atoms with Gasteiger partial charge in [0.15, 0.2) is 0 Å². The van der Waals surface area contributed by atoms with Crippen LogP contribution >= 0.6 is 11.8 Å². The minimum atomic E-state index is -1.46. The number of carbonyl (C=O) groups is 2. The fraction of sp³-hybridized carbons (Fsp3) is 0.643. The maximum Gasteiger partial charge on any atom is 0.338 e. The molecule has 0 spiro atoms. The van der Waals surface area contributed by atoms with E-state index in [2.05, 4.69) is 83.1 Å². The van der Waals surface area contributed by atoms with Crippen LogP contribution in [0.3, 0.4) is 0 Å². The van der Waals surface area contributed by atoms with Crippen molar-refractivity contribution in [1.29, 1.82) is 0 Å². The van der Waals surface area contributed by atoms with Crippen molar-refractivity contribution in [2.75, 3.05) is 51.1 Å². The zero-order chi connectivity index (χ0) is 51.0. The average Bonchev–Trinajstić information content (AvgIpc) is 3.16. The number of hydrogen-bond donors (Lipinski definition) is 3. The van der Waals surface area contributed by atoms with E-state index in [-0.39, 0.29) is 24.7 Å². The molecule has 0 fully saturated rings. The normalized spacial score (nSPS) is 13.0. The van der Waals surface area contributed by atoms with E-state index >= 15 is 4.79 Å². The van der Waals surface area contributed by atoms with Crippen LogP contribution < -0.4 is 4.74 Å². The molecule has 3 N–H and O–H groups in total. The molecule has 0 saturated heterocycles. The van der Waals surface area contributed by atoms with Gasteiger partial charge in [0.05, 0.1) is 25.4 Å². The van der Waals surface area contributed by atoms with Gasteiger partial charge < -0.3 is 34.3 Å². The monoisotopic (exact) mass is 937 g/mol. The van der Waals surface area contributed by atoms with Gasteiger partial charge in [-0.2, -0.15) is 11.8 Å². The SMILES string of the molecule is CC(C)(C)c1cc(C(C)(C(=O)Oc2c(C(C)(C)C)cc(C(=O)OCCSCCO)cc2C(C)(C)C)c2cc(C(C)(C)C)c(O)c(C(C)(C)C)c2)cc(C(C)(C)C)c1O.CCOCCOCC. The van der Waals surface area contributed by atoms with Crippen molar-refractivity contribution in [2.45, 2.75) is 183 Å². The lowest BCUT2D eigenvalue weighted by Gasteiger charge is -2.37. The molecule has 10 heteroatoms. The summed E-state index contributed by atoms with van der Waals surface area (Å²) in [6.45, 7) is 45.9. The van der Waals surface area contributed by atoms with E-state index in [0.29, 0.717) is 67.3 Å². The van der Waals surface area contributed by atoms with Crippen LogP contribution in [0.4, 0.5) is 0 Å². The van der Waals surface area contributed by atoms with E-state index in [9.17, 15) is 15.0 Å². The molecule has 0 radical (unpaired) electrons. The Labute approximate surface area is 404 Å². The van der Waals surface area contributed by atoms with Crippen LogP contribution in [0.5, 0.6) is 17.2 Å². The summed E-state index contributed by atoms with van der Waals surface area (Å²) in [7, 11) is 0. The molecular weight excluding hydrogens is 849 g/mol. The minimum absolute atomic E-state index is 0.0617. The fourth-order valence-corrected chi connectivity index (χ4v) is 8.09. The molecule has 0 heterocycles. The Morgan fingerprint density at radius 3 is 1.12 bits per heavy atom. The lowest BCUT2D eigenvalue weighted by molar-refractivity contribution is -0.139. The highest BCUT2D eigenvalue weighted by Gasteiger charge is 2.45. The average molecular weight is 937 g/mol. The number of carbonyl (C=O) groups excluding carboxylic acids is 2. The van der Waals surface area contributed by atoms with Crippen molar-refractivity contribution in [2.24, 2.45) is 0 Å². The Balaban J connectivity index is 0.00000170. The van der Waals surface area contributed by atoms with Crippen LogP contribution in [0, 0.1) is 0 Å². The van der Waals surface area contributed by atoms with Gasteiger partial charge in [0, 0.05) is 35.8 Å². The highest BCUT2D eigenvalue weighted by molar-refractivity contribution is 7.99. The minimum Gasteiger partial charge on any atom is -0.507 e. The number of benzene rings is 3. The third-order valence-electron chi connectivity index (χ3n) is 11.6. The zero-order valence-electron chi connectivity index (χ0n) is 44.8. The molecule has 66 heavy (non-hydrogen) atoms. The second-order valence-corrected chi connectivity index (χ2v) is 24.8. The van der Waals surface area contributed by atoms with Crippen molar-refractivity contribution in [1.82, 2.24) is 0 Å². The molecule has 0 amide bonds. The van der Waals surface area contributed by atoms with Gasteiger partial charge in [0.25, 0.3) is 0 Å². The number of aliphatic hydroxyl groups excluding tert-OH is 1. The van der Waals surface area contributed by atoms with Gasteiger partial charge in [-0.3, -0.25) is 4.79 Å². The van der Waals surface area contributed by atoms with E-state index in [0.717, 1.165) is 26.4 Å². The predicted molar refractivity (Wildman–Crippen MR) is 275 cm³/mol. The number of phenolic OH excluding ortho intramolecular Hbond substituents is 2. The standard InChI is InChI=1S/C50H74O7S.C6H14O2/c1-44(2,3)33-26-31(27-34(39(33)52)45(4,5)6)50(19,32-28-35(46(7,8)9)40(53)36(29-32)47(10,11)12)43(55)57-41-37(48(13,14)15)24-30(25-38(41)49(16,17)18)42(54)56-21-23-58-22-20-51;1-3-7-5-6-8-4-2/h24-29,51-53H,20-23H2,1-19H3;3-6H2,1-2H3. The van der Waals surface area contributed by atoms with E-state index in [1.54, 1.807) is 12.1 Å².